The Hall–Kier alpha value is -3.25. The van der Waals surface area contributed by atoms with Crippen LogP contribution in [0.3, 0.4) is 0 Å². The normalized spacial score (nSPS) is 18.9. The third kappa shape index (κ3) is 5.85. The van der Waals surface area contributed by atoms with E-state index in [-0.39, 0.29) is 40.6 Å². The van der Waals surface area contributed by atoms with Crippen molar-refractivity contribution in [2.45, 2.75) is 63.8 Å². The molecule has 0 saturated carbocycles. The van der Waals surface area contributed by atoms with Gasteiger partial charge in [-0.2, -0.15) is 39.5 Å². The Kier molecular flexibility index (Phi) is 6.85. The largest absolute Gasteiger partial charge is 0.456 e. The van der Waals surface area contributed by atoms with Gasteiger partial charge in [-0.05, 0) is 69.2 Å². The molecule has 0 fully saturated rings. The minimum atomic E-state index is -5.45. The lowest BCUT2D eigenvalue weighted by Crippen LogP contribution is -2.43. The third-order valence-corrected chi connectivity index (χ3v) is 5.42. The van der Waals surface area contributed by atoms with Crippen molar-refractivity contribution in [2.24, 2.45) is 5.16 Å². The molecule has 202 valence electrons. The number of carbonyl (C=O) groups excluding carboxylic acids is 1. The molecule has 0 N–H and O–H groups in total. The van der Waals surface area contributed by atoms with Crippen LogP contribution in [0.4, 0.5) is 39.5 Å². The fourth-order valence-corrected chi connectivity index (χ4v) is 3.65. The first-order valence-electron chi connectivity index (χ1n) is 10.6. The molecule has 4 nitrogen and oxygen atoms in total. The quantitative estimate of drug-likeness (QED) is 0.298. The number of esters is 1. The summed E-state index contributed by atoms with van der Waals surface area (Å²) in [6, 6.07) is 3.45. The molecular weight excluding hydrogens is 521 g/mol. The number of alkyl halides is 9. The Labute approximate surface area is 205 Å². The van der Waals surface area contributed by atoms with Crippen LogP contribution < -0.4 is 0 Å². The van der Waals surface area contributed by atoms with Crippen LogP contribution in [-0.4, -0.2) is 23.5 Å². The van der Waals surface area contributed by atoms with E-state index >= 15 is 0 Å². The highest BCUT2D eigenvalue weighted by Crippen LogP contribution is 2.51. The summed E-state index contributed by atoms with van der Waals surface area (Å²) < 4.78 is 128. The number of hydrogen-bond acceptors (Lipinski definition) is 4. The lowest BCUT2D eigenvalue weighted by Gasteiger charge is -2.30. The zero-order valence-electron chi connectivity index (χ0n) is 19.7. The van der Waals surface area contributed by atoms with Crippen LogP contribution in [0.2, 0.25) is 0 Å². The maximum absolute atomic E-state index is 14.2. The number of carbonyl (C=O) groups is 1. The van der Waals surface area contributed by atoms with Crippen molar-refractivity contribution in [3.05, 3.63) is 69.8 Å². The van der Waals surface area contributed by atoms with Crippen molar-refractivity contribution in [3.8, 4) is 0 Å². The van der Waals surface area contributed by atoms with Gasteiger partial charge in [-0.1, -0.05) is 11.2 Å². The number of hydrogen-bond donors (Lipinski definition) is 0. The van der Waals surface area contributed by atoms with Crippen LogP contribution in [0, 0.1) is 6.92 Å². The maximum atomic E-state index is 14.2. The number of halogens is 9. The lowest BCUT2D eigenvalue weighted by atomic mass is 9.84. The molecule has 0 aromatic heterocycles. The van der Waals surface area contributed by atoms with E-state index in [1.54, 1.807) is 20.8 Å². The van der Waals surface area contributed by atoms with Crippen LogP contribution in [0.5, 0.6) is 0 Å². The Balaban J connectivity index is 2.06. The van der Waals surface area contributed by atoms with E-state index < -0.39 is 58.8 Å². The summed E-state index contributed by atoms with van der Waals surface area (Å²) in [6.07, 6.45) is -17.4. The van der Waals surface area contributed by atoms with Crippen LogP contribution in [0.15, 0.2) is 41.6 Å². The van der Waals surface area contributed by atoms with Crippen molar-refractivity contribution in [2.75, 3.05) is 0 Å². The maximum Gasteiger partial charge on any atom is 0.435 e. The van der Waals surface area contributed by atoms with Crippen molar-refractivity contribution in [1.82, 2.24) is 0 Å². The molecular formula is C24H20F9NO3. The average Bonchev–Trinajstić information content (AvgIpc) is 3.17. The summed E-state index contributed by atoms with van der Waals surface area (Å²) >= 11 is 0. The van der Waals surface area contributed by atoms with E-state index in [9.17, 15) is 44.3 Å². The Morgan fingerprint density at radius 1 is 0.892 bits per heavy atom. The molecule has 0 radical (unpaired) electrons. The first-order valence-corrected chi connectivity index (χ1v) is 10.6. The van der Waals surface area contributed by atoms with Crippen molar-refractivity contribution in [3.63, 3.8) is 0 Å². The fourth-order valence-electron chi connectivity index (χ4n) is 3.65. The number of aryl methyl sites for hydroxylation is 1. The van der Waals surface area contributed by atoms with Gasteiger partial charge in [0.05, 0.1) is 22.4 Å². The minimum Gasteiger partial charge on any atom is -0.456 e. The van der Waals surface area contributed by atoms with Gasteiger partial charge in [-0.15, -0.1) is 0 Å². The van der Waals surface area contributed by atoms with E-state index in [0.29, 0.717) is 0 Å². The van der Waals surface area contributed by atoms with E-state index in [1.165, 1.54) is 25.1 Å². The predicted molar refractivity (Wildman–Crippen MR) is 113 cm³/mol. The van der Waals surface area contributed by atoms with Crippen LogP contribution in [0.1, 0.15) is 65.4 Å². The number of benzene rings is 2. The van der Waals surface area contributed by atoms with Gasteiger partial charge in [0.25, 0.3) is 5.60 Å². The Morgan fingerprint density at radius 3 is 1.86 bits per heavy atom. The third-order valence-electron chi connectivity index (χ3n) is 5.42. The number of nitrogens with zero attached hydrogens (tertiary/aromatic N) is 1. The molecule has 2 aromatic rings. The average molecular weight is 541 g/mol. The Morgan fingerprint density at radius 2 is 1.43 bits per heavy atom. The number of ether oxygens (including phenoxy) is 1. The molecule has 0 amide bonds. The SMILES string of the molecule is Cc1cc(C2=NOC(c3cc(C(F)(F)F)cc(C(F)(F)F)c3)(C(F)(F)F)C2)ccc1C(=O)OC(C)(C)C. The first-order chi connectivity index (χ1) is 16.6. The van der Waals surface area contributed by atoms with Crippen molar-refractivity contribution >= 4 is 11.7 Å². The molecule has 1 unspecified atom stereocenters. The molecule has 37 heavy (non-hydrogen) atoms. The second kappa shape index (κ2) is 8.95. The summed E-state index contributed by atoms with van der Waals surface area (Å²) in [5, 5.41) is 3.38. The highest BCUT2D eigenvalue weighted by Gasteiger charge is 2.63. The smallest absolute Gasteiger partial charge is 0.435 e. The van der Waals surface area contributed by atoms with Gasteiger partial charge in [-0.3, -0.25) is 0 Å². The summed E-state index contributed by atoms with van der Waals surface area (Å²) in [5.74, 6) is -0.700. The molecule has 13 heteroatoms. The van der Waals surface area contributed by atoms with Crippen LogP contribution >= 0.6 is 0 Å². The molecule has 3 rings (SSSR count). The van der Waals surface area contributed by atoms with Gasteiger partial charge < -0.3 is 9.57 Å². The van der Waals surface area contributed by atoms with Gasteiger partial charge in [0.1, 0.15) is 5.60 Å². The molecule has 0 aliphatic carbocycles. The monoisotopic (exact) mass is 541 g/mol. The summed E-state index contributed by atoms with van der Waals surface area (Å²) in [4.78, 5) is 17.0. The molecule has 1 aliphatic rings. The zero-order chi connectivity index (χ0) is 28.2. The molecule has 1 atom stereocenters. The van der Waals surface area contributed by atoms with Gasteiger partial charge in [0, 0.05) is 12.0 Å². The molecule has 1 aliphatic heterocycles. The van der Waals surface area contributed by atoms with Gasteiger partial charge >= 0.3 is 24.5 Å². The first kappa shape index (κ1) is 28.3. The van der Waals surface area contributed by atoms with Crippen molar-refractivity contribution in [1.29, 1.82) is 0 Å². The van der Waals surface area contributed by atoms with E-state index in [2.05, 4.69) is 9.99 Å². The van der Waals surface area contributed by atoms with E-state index in [0.717, 1.165) is 0 Å². The number of rotatable bonds is 3. The standard InChI is InChI=1S/C24H20F9NO3/c1-12-7-13(5-6-17(12)19(35)36-20(2,3)4)18-11-21(37-34-18,24(31,32)33)14-8-15(22(25,26)27)10-16(9-14)23(28,29)30/h5-10H,11H2,1-4H3. The highest BCUT2D eigenvalue weighted by atomic mass is 19.4. The Bertz CT molecular complexity index is 1210. The zero-order valence-corrected chi connectivity index (χ0v) is 19.7. The van der Waals surface area contributed by atoms with Gasteiger partial charge in [0.15, 0.2) is 0 Å². The summed E-state index contributed by atoms with van der Waals surface area (Å²) in [7, 11) is 0. The minimum absolute atomic E-state index is 0.0268. The van der Waals surface area contributed by atoms with E-state index in [1.807, 2.05) is 0 Å². The molecule has 2 aromatic carbocycles. The predicted octanol–water partition coefficient (Wildman–Crippen LogP) is 7.57. The summed E-state index contributed by atoms with van der Waals surface area (Å²) in [6.45, 7) is 6.37. The molecule has 0 bridgehead atoms. The molecule has 1 heterocycles. The second-order valence-electron chi connectivity index (χ2n) is 9.46. The second-order valence-corrected chi connectivity index (χ2v) is 9.46. The fraction of sp³-hybridized carbons (Fsp3) is 0.417. The van der Waals surface area contributed by atoms with Gasteiger partial charge in [-0.25, -0.2) is 4.79 Å². The lowest BCUT2D eigenvalue weighted by molar-refractivity contribution is -0.276. The van der Waals surface area contributed by atoms with Crippen LogP contribution in [-0.2, 0) is 27.5 Å². The number of oxime groups is 1. The molecule has 0 spiro atoms. The topological polar surface area (TPSA) is 47.9 Å². The van der Waals surface area contributed by atoms with Crippen molar-refractivity contribution < 1.29 is 53.9 Å². The van der Waals surface area contributed by atoms with Gasteiger partial charge in [0.2, 0.25) is 0 Å². The summed E-state index contributed by atoms with van der Waals surface area (Å²) in [5.41, 5.74) is -9.64. The highest BCUT2D eigenvalue weighted by molar-refractivity contribution is 6.03. The molecule has 0 saturated heterocycles. The van der Waals surface area contributed by atoms with Crippen LogP contribution in [0.25, 0.3) is 0 Å². The van der Waals surface area contributed by atoms with E-state index in [4.69, 9.17) is 4.74 Å².